The molecule has 1 aliphatic rings. The van der Waals surface area contributed by atoms with Crippen molar-refractivity contribution in [3.63, 3.8) is 0 Å². The number of fused-ring (bicyclic) bond motifs is 1. The molecule has 1 atom stereocenters. The number of ether oxygens (including phenoxy) is 2. The molecular formula is C16H16O4S. The lowest BCUT2D eigenvalue weighted by Crippen LogP contribution is -2.26. The van der Waals surface area contributed by atoms with Crippen LogP contribution in [0.15, 0.2) is 47.4 Å². The molecule has 0 saturated carbocycles. The number of hydrogen-bond acceptors (Lipinski definition) is 4. The van der Waals surface area contributed by atoms with Crippen molar-refractivity contribution in [2.24, 2.45) is 0 Å². The van der Waals surface area contributed by atoms with E-state index in [1.54, 1.807) is 44.6 Å². The minimum atomic E-state index is -3.36. The van der Waals surface area contributed by atoms with Crippen molar-refractivity contribution in [1.29, 1.82) is 0 Å². The normalized spacial score (nSPS) is 16.8. The predicted octanol–water partition coefficient (Wildman–Crippen LogP) is 2.77. The van der Waals surface area contributed by atoms with Crippen molar-refractivity contribution in [3.05, 3.63) is 53.6 Å². The van der Waals surface area contributed by atoms with Gasteiger partial charge in [-0.2, -0.15) is 0 Å². The first-order valence-electron chi connectivity index (χ1n) is 6.62. The van der Waals surface area contributed by atoms with Gasteiger partial charge in [0.15, 0.2) is 21.3 Å². The van der Waals surface area contributed by atoms with E-state index in [1.165, 1.54) is 0 Å². The highest BCUT2D eigenvalue weighted by molar-refractivity contribution is 7.91. The lowest BCUT2D eigenvalue weighted by Gasteiger charge is -2.32. The lowest BCUT2D eigenvalue weighted by molar-refractivity contribution is 0.348. The standard InChI is InChI=1S/C16H16O4S/c1-19-14-9-8-12-13(16(14)20-2)10-15(12)21(17,18)11-6-4-3-5-7-11/h3-9,15H,10H2,1-2H3. The number of sulfone groups is 1. The molecule has 0 bridgehead atoms. The van der Waals surface area contributed by atoms with Crippen LogP contribution in [0.5, 0.6) is 11.5 Å². The molecule has 5 heteroatoms. The topological polar surface area (TPSA) is 52.6 Å². The summed E-state index contributed by atoms with van der Waals surface area (Å²) in [7, 11) is -0.219. The van der Waals surface area contributed by atoms with Gasteiger partial charge in [-0.05, 0) is 30.2 Å². The summed E-state index contributed by atoms with van der Waals surface area (Å²) in [5.41, 5.74) is 1.72. The predicted molar refractivity (Wildman–Crippen MR) is 79.6 cm³/mol. The third-order valence-electron chi connectivity index (χ3n) is 3.87. The molecule has 0 N–H and O–H groups in total. The minimum absolute atomic E-state index is 0.357. The van der Waals surface area contributed by atoms with Crippen LogP contribution in [0.4, 0.5) is 0 Å². The van der Waals surface area contributed by atoms with Crippen LogP contribution in [0.25, 0.3) is 0 Å². The Kier molecular flexibility index (Phi) is 3.37. The highest BCUT2D eigenvalue weighted by Gasteiger charge is 2.40. The van der Waals surface area contributed by atoms with Crippen molar-refractivity contribution in [3.8, 4) is 11.5 Å². The Bertz CT molecular complexity index is 766. The fraction of sp³-hybridized carbons (Fsp3) is 0.250. The van der Waals surface area contributed by atoms with E-state index in [-0.39, 0.29) is 0 Å². The van der Waals surface area contributed by atoms with Gasteiger partial charge in [0.05, 0.1) is 24.4 Å². The first kappa shape index (κ1) is 13.9. The second kappa shape index (κ2) is 5.07. The average Bonchev–Trinajstić information content (AvgIpc) is 2.48. The number of hydrogen-bond donors (Lipinski definition) is 0. The van der Waals surface area contributed by atoms with Gasteiger partial charge < -0.3 is 9.47 Å². The van der Waals surface area contributed by atoms with Gasteiger partial charge in [0.25, 0.3) is 0 Å². The van der Waals surface area contributed by atoms with E-state index in [9.17, 15) is 8.42 Å². The van der Waals surface area contributed by atoms with E-state index in [4.69, 9.17) is 9.47 Å². The molecule has 2 aromatic carbocycles. The second-order valence-corrected chi connectivity index (χ2v) is 7.05. The average molecular weight is 304 g/mol. The molecule has 1 aliphatic carbocycles. The van der Waals surface area contributed by atoms with E-state index in [0.29, 0.717) is 22.8 Å². The summed E-state index contributed by atoms with van der Waals surface area (Å²) in [6, 6.07) is 12.1. The van der Waals surface area contributed by atoms with Gasteiger partial charge in [-0.15, -0.1) is 0 Å². The van der Waals surface area contributed by atoms with Gasteiger partial charge >= 0.3 is 0 Å². The van der Waals surface area contributed by atoms with Crippen molar-refractivity contribution >= 4 is 9.84 Å². The van der Waals surface area contributed by atoms with Crippen LogP contribution in [0.2, 0.25) is 0 Å². The zero-order valence-electron chi connectivity index (χ0n) is 11.9. The minimum Gasteiger partial charge on any atom is -0.493 e. The van der Waals surface area contributed by atoms with Crippen LogP contribution >= 0.6 is 0 Å². The third kappa shape index (κ3) is 2.08. The van der Waals surface area contributed by atoms with Crippen LogP contribution in [0.1, 0.15) is 16.4 Å². The smallest absolute Gasteiger partial charge is 0.185 e. The maximum Gasteiger partial charge on any atom is 0.185 e. The number of methoxy groups -OCH3 is 2. The number of benzene rings is 2. The van der Waals surface area contributed by atoms with Gasteiger partial charge in [0, 0.05) is 5.56 Å². The molecule has 0 aliphatic heterocycles. The largest absolute Gasteiger partial charge is 0.493 e. The molecule has 0 spiro atoms. The van der Waals surface area contributed by atoms with Gasteiger partial charge in [-0.1, -0.05) is 24.3 Å². The Morgan fingerprint density at radius 1 is 1.00 bits per heavy atom. The Morgan fingerprint density at radius 2 is 1.71 bits per heavy atom. The summed E-state index contributed by atoms with van der Waals surface area (Å²) in [6.45, 7) is 0. The fourth-order valence-corrected chi connectivity index (χ4v) is 4.54. The molecule has 2 aromatic rings. The Labute approximate surface area is 124 Å². The molecule has 3 rings (SSSR count). The third-order valence-corrected chi connectivity index (χ3v) is 5.97. The van der Waals surface area contributed by atoms with Crippen LogP contribution in [0.3, 0.4) is 0 Å². The summed E-state index contributed by atoms with van der Waals surface area (Å²) in [5, 5.41) is -0.505. The molecule has 0 saturated heterocycles. The monoisotopic (exact) mass is 304 g/mol. The van der Waals surface area contributed by atoms with E-state index in [1.807, 2.05) is 12.1 Å². The molecule has 4 nitrogen and oxygen atoms in total. The van der Waals surface area contributed by atoms with Crippen LogP contribution in [-0.4, -0.2) is 22.6 Å². The maximum absolute atomic E-state index is 12.7. The van der Waals surface area contributed by atoms with E-state index in [0.717, 1.165) is 11.1 Å². The lowest BCUT2D eigenvalue weighted by atomic mass is 9.87. The summed E-state index contributed by atoms with van der Waals surface area (Å²) >= 11 is 0. The molecule has 110 valence electrons. The van der Waals surface area contributed by atoms with E-state index >= 15 is 0 Å². The first-order valence-corrected chi connectivity index (χ1v) is 8.17. The first-order chi connectivity index (χ1) is 10.1. The second-order valence-electron chi connectivity index (χ2n) is 4.92. The Hall–Kier alpha value is -2.01. The zero-order chi connectivity index (χ0) is 15.0. The molecule has 1 unspecified atom stereocenters. The molecule has 0 fully saturated rings. The van der Waals surface area contributed by atoms with Crippen LogP contribution < -0.4 is 9.47 Å². The van der Waals surface area contributed by atoms with Crippen molar-refractivity contribution in [2.75, 3.05) is 14.2 Å². The summed E-state index contributed by atoms with van der Waals surface area (Å²) in [4.78, 5) is 0.357. The van der Waals surface area contributed by atoms with Gasteiger partial charge in [-0.3, -0.25) is 0 Å². The summed E-state index contributed by atoms with van der Waals surface area (Å²) in [5.74, 6) is 1.27. The summed E-state index contributed by atoms with van der Waals surface area (Å²) in [6.07, 6.45) is 0.451. The van der Waals surface area contributed by atoms with Crippen molar-refractivity contribution in [2.45, 2.75) is 16.6 Å². The maximum atomic E-state index is 12.7. The van der Waals surface area contributed by atoms with Gasteiger partial charge in [0.1, 0.15) is 0 Å². The summed E-state index contributed by atoms with van der Waals surface area (Å²) < 4.78 is 35.9. The van der Waals surface area contributed by atoms with E-state index in [2.05, 4.69) is 0 Å². The van der Waals surface area contributed by atoms with Crippen molar-refractivity contribution in [1.82, 2.24) is 0 Å². The van der Waals surface area contributed by atoms with Crippen LogP contribution in [-0.2, 0) is 16.3 Å². The molecular weight excluding hydrogens is 288 g/mol. The zero-order valence-corrected chi connectivity index (χ0v) is 12.7. The van der Waals surface area contributed by atoms with Gasteiger partial charge in [-0.25, -0.2) is 8.42 Å². The quantitative estimate of drug-likeness (QED) is 0.871. The van der Waals surface area contributed by atoms with Crippen molar-refractivity contribution < 1.29 is 17.9 Å². The fourth-order valence-electron chi connectivity index (χ4n) is 2.73. The number of rotatable bonds is 4. The molecule has 0 heterocycles. The highest BCUT2D eigenvalue weighted by Crippen LogP contribution is 2.49. The Morgan fingerprint density at radius 3 is 2.33 bits per heavy atom. The SMILES string of the molecule is COc1ccc2c(c1OC)CC2S(=O)(=O)c1ccccc1. The Balaban J connectivity index is 2.03. The van der Waals surface area contributed by atoms with Gasteiger partial charge in [0.2, 0.25) is 0 Å². The molecule has 0 amide bonds. The molecule has 0 aromatic heterocycles. The van der Waals surface area contributed by atoms with E-state index < -0.39 is 15.1 Å². The van der Waals surface area contributed by atoms with Crippen LogP contribution in [0, 0.1) is 0 Å². The highest BCUT2D eigenvalue weighted by atomic mass is 32.2. The molecule has 21 heavy (non-hydrogen) atoms. The molecule has 0 radical (unpaired) electrons.